The van der Waals surface area contributed by atoms with E-state index in [2.05, 4.69) is 17.2 Å². The highest BCUT2D eigenvalue weighted by Gasteiger charge is 2.21. The molecule has 0 saturated heterocycles. The van der Waals surface area contributed by atoms with E-state index in [1.54, 1.807) is 25.3 Å². The zero-order chi connectivity index (χ0) is 18.6. The first-order valence-electron chi connectivity index (χ1n) is 7.31. The van der Waals surface area contributed by atoms with Crippen LogP contribution in [-0.2, 0) is 4.79 Å². The van der Waals surface area contributed by atoms with Crippen LogP contribution in [0.5, 0.6) is 0 Å². The molecule has 0 fully saturated rings. The molecule has 1 aromatic rings. The van der Waals surface area contributed by atoms with Gasteiger partial charge in [-0.3, -0.25) is 9.59 Å². The maximum absolute atomic E-state index is 12.5. The third-order valence-electron chi connectivity index (χ3n) is 3.38. The van der Waals surface area contributed by atoms with Crippen molar-refractivity contribution in [2.75, 3.05) is 5.32 Å². The van der Waals surface area contributed by atoms with Crippen molar-refractivity contribution in [3.8, 4) is 0 Å². The quantitative estimate of drug-likeness (QED) is 0.348. The van der Waals surface area contributed by atoms with Gasteiger partial charge in [0.1, 0.15) is 0 Å². The molecule has 0 radical (unpaired) electrons. The lowest BCUT2D eigenvalue weighted by molar-refractivity contribution is -0.112. The molecule has 0 saturated carbocycles. The number of rotatable bonds is 6. The van der Waals surface area contributed by atoms with Crippen molar-refractivity contribution in [1.82, 2.24) is 5.32 Å². The predicted octanol–water partition coefficient (Wildman–Crippen LogP) is 3.27. The van der Waals surface area contributed by atoms with Crippen LogP contribution in [-0.4, -0.2) is 18.0 Å². The van der Waals surface area contributed by atoms with Crippen LogP contribution < -0.4 is 16.4 Å². The number of carbonyl (C=O) groups excluding carboxylic acids is 2. The first kappa shape index (κ1) is 18.8. The minimum atomic E-state index is -0.538. The van der Waals surface area contributed by atoms with Crippen LogP contribution in [0.3, 0.4) is 0 Å². The molecular formula is C17H18N4O2S2. The molecule has 5 N–H and O–H groups in total. The lowest BCUT2D eigenvalue weighted by Gasteiger charge is -2.08. The number of nitrogens with two attached hydrogens (primary N) is 1. The van der Waals surface area contributed by atoms with Crippen LogP contribution >= 0.6 is 23.1 Å². The Morgan fingerprint density at radius 1 is 1.44 bits per heavy atom. The smallest absolute Gasteiger partial charge is 0.260 e. The molecule has 0 unspecified atom stereocenters. The molecule has 2 amide bonds. The monoisotopic (exact) mass is 374 g/mol. The van der Waals surface area contributed by atoms with E-state index in [0.29, 0.717) is 14.9 Å². The Morgan fingerprint density at radius 2 is 2.16 bits per heavy atom. The number of carbonyl (C=O) groups is 2. The standard InChI is InChI=1S/C17H18N4O2S2/c1-4-10(5-2)13-8-20-17(25-13)11(7-18)15(23)21-16-9(3)6-12(24-16)14(19)22/h4-8,18,20H,1H2,2-3H3,(H2,19,22)(H,21,23)/b10-5+,17-11-,18-7?. The molecule has 130 valence electrons. The number of anilines is 1. The Bertz CT molecular complexity index is 847. The number of nitrogens with one attached hydrogen (secondary N) is 3. The highest BCUT2D eigenvalue weighted by atomic mass is 32.2. The molecule has 0 aliphatic carbocycles. The molecule has 0 spiro atoms. The van der Waals surface area contributed by atoms with Gasteiger partial charge in [0.2, 0.25) is 0 Å². The van der Waals surface area contributed by atoms with E-state index in [0.717, 1.165) is 33.6 Å². The molecule has 8 heteroatoms. The minimum Gasteiger partial charge on any atom is -0.365 e. The molecule has 0 aromatic carbocycles. The Morgan fingerprint density at radius 3 is 2.68 bits per heavy atom. The molecule has 0 atom stereocenters. The van der Waals surface area contributed by atoms with Crippen LogP contribution in [0.2, 0.25) is 0 Å². The summed E-state index contributed by atoms with van der Waals surface area (Å²) in [6.07, 6.45) is 6.42. The second kappa shape index (κ2) is 8.00. The maximum Gasteiger partial charge on any atom is 0.260 e. The number of aryl methyl sites for hydroxylation is 1. The fraction of sp³-hybridized carbons (Fsp3) is 0.118. The summed E-state index contributed by atoms with van der Waals surface area (Å²) < 4.78 is 0. The first-order chi connectivity index (χ1) is 11.9. The average Bonchev–Trinajstić information content (AvgIpc) is 3.18. The van der Waals surface area contributed by atoms with Crippen molar-refractivity contribution in [3.63, 3.8) is 0 Å². The maximum atomic E-state index is 12.5. The Labute approximate surface area is 154 Å². The number of hydrogen-bond acceptors (Lipinski definition) is 6. The van der Waals surface area contributed by atoms with Crippen molar-refractivity contribution in [1.29, 1.82) is 5.41 Å². The molecular weight excluding hydrogens is 356 g/mol. The van der Waals surface area contributed by atoms with Gasteiger partial charge in [-0.25, -0.2) is 0 Å². The van der Waals surface area contributed by atoms with E-state index in [-0.39, 0.29) is 5.57 Å². The van der Waals surface area contributed by atoms with Crippen LogP contribution in [0, 0.1) is 12.3 Å². The summed E-state index contributed by atoms with van der Waals surface area (Å²) >= 11 is 2.47. The largest absolute Gasteiger partial charge is 0.365 e. The van der Waals surface area contributed by atoms with Crippen molar-refractivity contribution in [2.45, 2.75) is 13.8 Å². The Balaban J connectivity index is 2.21. The van der Waals surface area contributed by atoms with Gasteiger partial charge in [-0.2, -0.15) is 0 Å². The van der Waals surface area contributed by atoms with E-state index in [9.17, 15) is 9.59 Å². The lowest BCUT2D eigenvalue weighted by Crippen LogP contribution is -2.18. The zero-order valence-corrected chi connectivity index (χ0v) is 15.4. The van der Waals surface area contributed by atoms with E-state index >= 15 is 0 Å². The molecule has 1 aliphatic heterocycles. The SMILES string of the molecule is C=C/C(=C\C)C1=CN/C(=C(\C=N)C(=O)Nc2sc(C(N)=O)cc2C)S1. The molecule has 2 heterocycles. The molecule has 25 heavy (non-hydrogen) atoms. The third-order valence-corrected chi connectivity index (χ3v) is 5.67. The summed E-state index contributed by atoms with van der Waals surface area (Å²) in [5.74, 6) is -0.967. The van der Waals surface area contributed by atoms with E-state index < -0.39 is 11.8 Å². The van der Waals surface area contributed by atoms with Crippen LogP contribution in [0.15, 0.2) is 52.1 Å². The number of primary amides is 1. The minimum absolute atomic E-state index is 0.198. The van der Waals surface area contributed by atoms with Gasteiger partial charge < -0.3 is 21.8 Å². The summed E-state index contributed by atoms with van der Waals surface area (Å²) in [5.41, 5.74) is 7.15. The fourth-order valence-corrected chi connectivity index (χ4v) is 4.02. The Hall–Kier alpha value is -2.58. The van der Waals surface area contributed by atoms with Crippen molar-refractivity contribution < 1.29 is 9.59 Å². The summed E-state index contributed by atoms with van der Waals surface area (Å²) in [6, 6.07) is 1.63. The van der Waals surface area contributed by atoms with Gasteiger partial charge in [0.25, 0.3) is 11.8 Å². The fourth-order valence-electron chi connectivity index (χ4n) is 2.07. The molecule has 1 aliphatic rings. The summed E-state index contributed by atoms with van der Waals surface area (Å²) in [7, 11) is 0. The van der Waals surface area contributed by atoms with Crippen LogP contribution in [0.25, 0.3) is 0 Å². The second-order valence-electron chi connectivity index (χ2n) is 5.03. The number of hydrogen-bond donors (Lipinski definition) is 4. The highest BCUT2D eigenvalue weighted by Crippen LogP contribution is 2.36. The number of thiophene rings is 1. The molecule has 6 nitrogen and oxygen atoms in total. The summed E-state index contributed by atoms with van der Waals surface area (Å²) in [5, 5.41) is 14.4. The van der Waals surface area contributed by atoms with Gasteiger partial charge in [0.15, 0.2) is 0 Å². The topological polar surface area (TPSA) is 108 Å². The third kappa shape index (κ3) is 4.09. The van der Waals surface area contributed by atoms with Gasteiger partial charge >= 0.3 is 0 Å². The van der Waals surface area contributed by atoms with E-state index in [4.69, 9.17) is 11.1 Å². The van der Waals surface area contributed by atoms with Crippen LogP contribution in [0.4, 0.5) is 5.00 Å². The van der Waals surface area contributed by atoms with Gasteiger partial charge in [-0.15, -0.1) is 11.3 Å². The average molecular weight is 374 g/mol. The summed E-state index contributed by atoms with van der Waals surface area (Å²) in [4.78, 5) is 25.1. The molecule has 1 aromatic heterocycles. The van der Waals surface area contributed by atoms with Gasteiger partial charge in [-0.1, -0.05) is 30.5 Å². The zero-order valence-electron chi connectivity index (χ0n) is 13.8. The van der Waals surface area contributed by atoms with Gasteiger partial charge in [0, 0.05) is 17.3 Å². The van der Waals surface area contributed by atoms with Crippen molar-refractivity contribution in [2.24, 2.45) is 5.73 Å². The van der Waals surface area contributed by atoms with E-state index in [1.807, 2.05) is 13.0 Å². The Kier molecular flexibility index (Phi) is 6.00. The first-order valence-corrected chi connectivity index (χ1v) is 8.94. The van der Waals surface area contributed by atoms with Gasteiger partial charge in [-0.05, 0) is 31.1 Å². The van der Waals surface area contributed by atoms with Gasteiger partial charge in [0.05, 0.1) is 20.5 Å². The lowest BCUT2D eigenvalue weighted by atomic mass is 10.2. The summed E-state index contributed by atoms with van der Waals surface area (Å²) in [6.45, 7) is 7.44. The second-order valence-corrected chi connectivity index (χ2v) is 7.14. The van der Waals surface area contributed by atoms with Crippen molar-refractivity contribution >= 4 is 46.1 Å². The number of thioether (sulfide) groups is 1. The number of amides is 2. The predicted molar refractivity (Wildman–Crippen MR) is 105 cm³/mol. The van der Waals surface area contributed by atoms with Crippen LogP contribution in [0.1, 0.15) is 22.2 Å². The van der Waals surface area contributed by atoms with E-state index in [1.165, 1.54) is 11.8 Å². The molecule has 0 bridgehead atoms. The molecule has 2 rings (SSSR count). The number of allylic oxidation sites excluding steroid dienone is 3. The normalized spacial score (nSPS) is 15.9. The van der Waals surface area contributed by atoms with Crippen molar-refractivity contribution in [3.05, 3.63) is 62.5 Å². The highest BCUT2D eigenvalue weighted by molar-refractivity contribution is 8.07.